The average Bonchev–Trinajstić information content (AvgIpc) is 2.34. The quantitative estimate of drug-likeness (QED) is 0.646. The summed E-state index contributed by atoms with van der Waals surface area (Å²) in [6.07, 6.45) is 2.57. The van der Waals surface area contributed by atoms with E-state index < -0.39 is 0 Å². The van der Waals surface area contributed by atoms with E-state index in [9.17, 15) is 0 Å². The van der Waals surface area contributed by atoms with Crippen molar-refractivity contribution in [1.82, 2.24) is 9.80 Å². The number of rotatable bonds is 8. The lowest BCUT2D eigenvalue weighted by Gasteiger charge is -2.28. The molecule has 0 aromatic heterocycles. The fourth-order valence-corrected chi connectivity index (χ4v) is 1.55. The van der Waals surface area contributed by atoms with Crippen LogP contribution in [0.2, 0.25) is 0 Å². The Morgan fingerprint density at radius 1 is 0.722 bits per heavy atom. The Morgan fingerprint density at radius 3 is 1.56 bits per heavy atom. The molecule has 0 spiro atoms. The van der Waals surface area contributed by atoms with Crippen LogP contribution in [-0.2, 0) is 0 Å². The van der Waals surface area contributed by atoms with Gasteiger partial charge in [0.2, 0.25) is 0 Å². The second-order valence-electron chi connectivity index (χ2n) is 5.88. The molecule has 0 rings (SSSR count). The Hall–Kier alpha value is -0.0800. The predicted octanol–water partition coefficient (Wildman–Crippen LogP) is 4.11. The van der Waals surface area contributed by atoms with Gasteiger partial charge < -0.3 is 9.80 Å². The minimum absolute atomic E-state index is 0.660. The number of hydrogen-bond acceptors (Lipinski definition) is 2. The highest BCUT2D eigenvalue weighted by Crippen LogP contribution is 2.07. The van der Waals surface area contributed by atoms with Crippen LogP contribution in [0.1, 0.15) is 61.3 Å². The summed E-state index contributed by atoms with van der Waals surface area (Å²) in [5.74, 6) is 0.813. The van der Waals surface area contributed by atoms with Crippen LogP contribution in [0.15, 0.2) is 0 Å². The lowest BCUT2D eigenvalue weighted by molar-refractivity contribution is 0.195. The minimum Gasteiger partial charge on any atom is -0.304 e. The summed E-state index contributed by atoms with van der Waals surface area (Å²) in [7, 11) is 4.47. The van der Waals surface area contributed by atoms with Gasteiger partial charge in [0.05, 0.1) is 0 Å². The molecule has 0 amide bonds. The van der Waals surface area contributed by atoms with Gasteiger partial charge in [0.15, 0.2) is 0 Å². The van der Waals surface area contributed by atoms with Crippen LogP contribution >= 0.6 is 0 Å². The van der Waals surface area contributed by atoms with Crippen molar-refractivity contribution < 1.29 is 0 Å². The molecule has 18 heavy (non-hydrogen) atoms. The number of hydrogen-bond donors (Lipinski definition) is 0. The summed E-state index contributed by atoms with van der Waals surface area (Å²) in [5.41, 5.74) is 0. The Labute approximate surface area is 117 Å². The first-order chi connectivity index (χ1) is 8.34. The monoisotopic (exact) mass is 258 g/mol. The maximum atomic E-state index is 2.49. The zero-order valence-electron chi connectivity index (χ0n) is 14.5. The Bertz CT molecular complexity index is 166. The smallest absolute Gasteiger partial charge is 0.00760 e. The Kier molecular flexibility index (Phi) is 13.5. The van der Waals surface area contributed by atoms with Crippen molar-refractivity contribution in [3.63, 3.8) is 0 Å². The van der Waals surface area contributed by atoms with E-state index in [1.165, 1.54) is 25.9 Å². The Morgan fingerprint density at radius 2 is 1.17 bits per heavy atom. The van der Waals surface area contributed by atoms with E-state index in [0.29, 0.717) is 12.1 Å². The van der Waals surface area contributed by atoms with Gasteiger partial charge in [-0.25, -0.2) is 0 Å². The lowest BCUT2D eigenvalue weighted by atomic mass is 10.1. The van der Waals surface area contributed by atoms with Gasteiger partial charge in [-0.15, -0.1) is 0 Å². The molecular weight excluding hydrogens is 220 g/mol. The third kappa shape index (κ3) is 11.0. The van der Waals surface area contributed by atoms with E-state index in [-0.39, 0.29) is 0 Å². The molecule has 0 saturated carbocycles. The topological polar surface area (TPSA) is 6.48 Å². The van der Waals surface area contributed by atoms with Gasteiger partial charge in [-0.2, -0.15) is 0 Å². The largest absolute Gasteiger partial charge is 0.304 e. The first kappa shape index (κ1) is 20.2. The lowest BCUT2D eigenvalue weighted by Crippen LogP contribution is -2.35. The molecule has 0 saturated heterocycles. The van der Waals surface area contributed by atoms with E-state index in [4.69, 9.17) is 0 Å². The average molecular weight is 258 g/mol. The summed E-state index contributed by atoms with van der Waals surface area (Å²) in [4.78, 5) is 4.92. The van der Waals surface area contributed by atoms with Gasteiger partial charge >= 0.3 is 0 Å². The summed E-state index contributed by atoms with van der Waals surface area (Å²) >= 11 is 0. The van der Waals surface area contributed by atoms with Crippen molar-refractivity contribution >= 4 is 0 Å². The molecular formula is C16H38N2. The van der Waals surface area contributed by atoms with E-state index >= 15 is 0 Å². The standard InChI is InChI=1S/C14H32N2.C2H6/c1-12(2)8-10-16(7)14(5)9-11-15(6)13(3)4;1-2/h12-14H,8-11H2,1-7H3;1-2H3. The van der Waals surface area contributed by atoms with E-state index in [0.717, 1.165) is 5.92 Å². The van der Waals surface area contributed by atoms with Crippen LogP contribution in [0.25, 0.3) is 0 Å². The third-order valence-electron chi connectivity index (χ3n) is 3.59. The third-order valence-corrected chi connectivity index (χ3v) is 3.59. The summed E-state index contributed by atoms with van der Waals surface area (Å²) in [6, 6.07) is 1.35. The second-order valence-corrected chi connectivity index (χ2v) is 5.88. The summed E-state index contributed by atoms with van der Waals surface area (Å²) in [6.45, 7) is 17.9. The van der Waals surface area contributed by atoms with Crippen molar-refractivity contribution in [2.75, 3.05) is 27.2 Å². The van der Waals surface area contributed by atoms with Gasteiger partial charge in [-0.1, -0.05) is 27.7 Å². The zero-order valence-corrected chi connectivity index (χ0v) is 14.5. The van der Waals surface area contributed by atoms with E-state index in [1.807, 2.05) is 13.8 Å². The highest BCUT2D eigenvalue weighted by molar-refractivity contribution is 4.67. The van der Waals surface area contributed by atoms with Crippen molar-refractivity contribution in [3.8, 4) is 0 Å². The zero-order chi connectivity index (χ0) is 14.7. The van der Waals surface area contributed by atoms with Gasteiger partial charge in [0.25, 0.3) is 0 Å². The van der Waals surface area contributed by atoms with Crippen LogP contribution in [0, 0.1) is 5.92 Å². The van der Waals surface area contributed by atoms with Crippen LogP contribution in [0.5, 0.6) is 0 Å². The summed E-state index contributed by atoms with van der Waals surface area (Å²) < 4.78 is 0. The van der Waals surface area contributed by atoms with Crippen LogP contribution < -0.4 is 0 Å². The van der Waals surface area contributed by atoms with Crippen LogP contribution in [-0.4, -0.2) is 49.1 Å². The van der Waals surface area contributed by atoms with Crippen molar-refractivity contribution in [1.29, 1.82) is 0 Å². The molecule has 0 heterocycles. The molecule has 0 aromatic carbocycles. The first-order valence-electron chi connectivity index (χ1n) is 7.75. The van der Waals surface area contributed by atoms with Gasteiger partial charge in [-0.05, 0) is 66.7 Å². The normalized spacial score (nSPS) is 13.2. The van der Waals surface area contributed by atoms with Gasteiger partial charge in [-0.3, -0.25) is 0 Å². The van der Waals surface area contributed by atoms with Gasteiger partial charge in [0, 0.05) is 12.1 Å². The molecule has 1 atom stereocenters. The maximum absolute atomic E-state index is 2.49. The Balaban J connectivity index is 0. The van der Waals surface area contributed by atoms with E-state index in [2.05, 4.69) is 58.5 Å². The van der Waals surface area contributed by atoms with Crippen LogP contribution in [0.3, 0.4) is 0 Å². The molecule has 0 radical (unpaired) electrons. The molecule has 112 valence electrons. The molecule has 0 aliphatic heterocycles. The molecule has 0 fully saturated rings. The van der Waals surface area contributed by atoms with Crippen molar-refractivity contribution in [2.24, 2.45) is 5.92 Å². The van der Waals surface area contributed by atoms with Crippen molar-refractivity contribution in [2.45, 2.75) is 73.4 Å². The molecule has 0 N–H and O–H groups in total. The number of nitrogens with zero attached hydrogens (tertiary/aromatic N) is 2. The van der Waals surface area contributed by atoms with Crippen molar-refractivity contribution in [3.05, 3.63) is 0 Å². The minimum atomic E-state index is 0.660. The first-order valence-corrected chi connectivity index (χ1v) is 7.75. The van der Waals surface area contributed by atoms with Gasteiger partial charge in [0.1, 0.15) is 0 Å². The summed E-state index contributed by atoms with van der Waals surface area (Å²) in [5, 5.41) is 0. The highest BCUT2D eigenvalue weighted by Gasteiger charge is 2.11. The fraction of sp³-hybridized carbons (Fsp3) is 1.00. The molecule has 1 unspecified atom stereocenters. The highest BCUT2D eigenvalue weighted by atomic mass is 15.1. The second kappa shape index (κ2) is 12.0. The predicted molar refractivity (Wildman–Crippen MR) is 85.3 cm³/mol. The maximum Gasteiger partial charge on any atom is 0.00760 e. The SMILES string of the molecule is CC.CC(C)CCN(C)C(C)CCN(C)C(C)C. The fourth-order valence-electron chi connectivity index (χ4n) is 1.55. The van der Waals surface area contributed by atoms with Crippen LogP contribution in [0.4, 0.5) is 0 Å². The molecule has 0 aromatic rings. The molecule has 0 aliphatic carbocycles. The molecule has 0 aliphatic rings. The molecule has 0 bridgehead atoms. The molecule has 2 heteroatoms. The molecule has 2 nitrogen and oxygen atoms in total. The van der Waals surface area contributed by atoms with E-state index in [1.54, 1.807) is 0 Å².